The molecule has 1 aromatic carbocycles. The smallest absolute Gasteiger partial charge is 0.325 e. The lowest BCUT2D eigenvalue weighted by Crippen LogP contribution is -2.14. The van der Waals surface area contributed by atoms with Gasteiger partial charge in [0, 0.05) is 22.7 Å². The van der Waals surface area contributed by atoms with Gasteiger partial charge >= 0.3 is 5.97 Å². The van der Waals surface area contributed by atoms with Crippen molar-refractivity contribution in [2.24, 2.45) is 5.92 Å². The fourth-order valence-electron chi connectivity index (χ4n) is 2.38. The van der Waals surface area contributed by atoms with Gasteiger partial charge in [0.2, 0.25) is 0 Å². The van der Waals surface area contributed by atoms with Gasteiger partial charge in [-0.3, -0.25) is 9.59 Å². The number of carbonyl (C=O) groups is 2. The first-order valence-corrected chi connectivity index (χ1v) is 7.91. The second-order valence-corrected chi connectivity index (χ2v) is 5.85. The normalized spacial score (nSPS) is 11.0. The highest BCUT2D eigenvalue weighted by Crippen LogP contribution is 2.25. The Bertz CT molecular complexity index is 688. The number of aldehydes is 1. The van der Waals surface area contributed by atoms with Crippen molar-refractivity contribution in [1.29, 1.82) is 0 Å². The predicted molar refractivity (Wildman–Crippen MR) is 88.9 cm³/mol. The van der Waals surface area contributed by atoms with Gasteiger partial charge in [-0.05, 0) is 37.5 Å². The number of nitrogens with zero attached hydrogens (tertiary/aromatic N) is 1. The molecular weight excluding hydrogens is 294 g/mol. The lowest BCUT2D eigenvalue weighted by atomic mass is 10.1. The van der Waals surface area contributed by atoms with Gasteiger partial charge in [0.15, 0.2) is 6.29 Å². The van der Waals surface area contributed by atoms with Crippen molar-refractivity contribution in [1.82, 2.24) is 4.57 Å². The topological polar surface area (TPSA) is 57.5 Å². The van der Waals surface area contributed by atoms with Gasteiger partial charge in [-0.25, -0.2) is 0 Å². The molecule has 2 aromatic rings. The summed E-state index contributed by atoms with van der Waals surface area (Å²) in [4.78, 5) is 23.2. The van der Waals surface area contributed by atoms with E-state index >= 15 is 0 Å². The van der Waals surface area contributed by atoms with E-state index in [2.05, 4.69) is 13.8 Å². The van der Waals surface area contributed by atoms with E-state index in [9.17, 15) is 9.59 Å². The SMILES string of the molecule is CCOc1ccc2c(c1)c(C=O)cn2CC(=O)OCCC(C)C. The molecule has 2 rings (SSSR count). The zero-order valence-corrected chi connectivity index (χ0v) is 13.9. The van der Waals surface area contributed by atoms with E-state index in [-0.39, 0.29) is 12.5 Å². The number of fused-ring (bicyclic) bond motifs is 1. The summed E-state index contributed by atoms with van der Waals surface area (Å²) in [5.41, 5.74) is 1.35. The Hall–Kier alpha value is -2.30. The first kappa shape index (κ1) is 17.1. The van der Waals surface area contributed by atoms with Crippen LogP contribution in [0.2, 0.25) is 0 Å². The van der Waals surface area contributed by atoms with Crippen LogP contribution in [0.25, 0.3) is 10.9 Å². The molecule has 23 heavy (non-hydrogen) atoms. The Morgan fingerprint density at radius 3 is 2.78 bits per heavy atom. The quantitative estimate of drug-likeness (QED) is 0.553. The number of hydrogen-bond acceptors (Lipinski definition) is 4. The highest BCUT2D eigenvalue weighted by atomic mass is 16.5. The summed E-state index contributed by atoms with van der Waals surface area (Å²) in [6.45, 7) is 7.15. The Morgan fingerprint density at radius 2 is 2.13 bits per heavy atom. The minimum absolute atomic E-state index is 0.0937. The molecular formula is C18H23NO4. The maximum Gasteiger partial charge on any atom is 0.325 e. The van der Waals surface area contributed by atoms with Crippen LogP contribution in [0, 0.1) is 5.92 Å². The van der Waals surface area contributed by atoms with Gasteiger partial charge in [0.05, 0.1) is 13.2 Å². The molecule has 0 amide bonds. The minimum Gasteiger partial charge on any atom is -0.494 e. The number of ether oxygens (including phenoxy) is 2. The highest BCUT2D eigenvalue weighted by molar-refractivity contribution is 5.98. The van der Waals surface area contributed by atoms with Crippen LogP contribution in [-0.4, -0.2) is 30.0 Å². The molecule has 1 heterocycles. The molecule has 0 atom stereocenters. The van der Waals surface area contributed by atoms with Crippen LogP contribution in [-0.2, 0) is 16.1 Å². The first-order chi connectivity index (χ1) is 11.0. The Labute approximate surface area is 136 Å². The summed E-state index contributed by atoms with van der Waals surface area (Å²) in [6, 6.07) is 5.51. The largest absolute Gasteiger partial charge is 0.494 e. The van der Waals surface area contributed by atoms with Gasteiger partial charge < -0.3 is 14.0 Å². The van der Waals surface area contributed by atoms with Crippen molar-refractivity contribution in [3.63, 3.8) is 0 Å². The Morgan fingerprint density at radius 1 is 1.35 bits per heavy atom. The van der Waals surface area contributed by atoms with E-state index in [1.54, 1.807) is 10.8 Å². The third-order valence-electron chi connectivity index (χ3n) is 3.58. The van der Waals surface area contributed by atoms with Crippen LogP contribution >= 0.6 is 0 Å². The van der Waals surface area contributed by atoms with Gasteiger partial charge in [-0.1, -0.05) is 13.8 Å². The molecule has 0 bridgehead atoms. The third kappa shape index (κ3) is 4.34. The van der Waals surface area contributed by atoms with E-state index < -0.39 is 0 Å². The third-order valence-corrected chi connectivity index (χ3v) is 3.58. The lowest BCUT2D eigenvalue weighted by Gasteiger charge is -2.08. The van der Waals surface area contributed by atoms with Crippen LogP contribution < -0.4 is 4.74 Å². The van der Waals surface area contributed by atoms with Crippen molar-refractivity contribution >= 4 is 23.2 Å². The minimum atomic E-state index is -0.297. The van der Waals surface area contributed by atoms with Crippen molar-refractivity contribution < 1.29 is 19.1 Å². The molecule has 0 aliphatic carbocycles. The average Bonchev–Trinajstić information content (AvgIpc) is 2.84. The fraction of sp³-hybridized carbons (Fsp3) is 0.444. The summed E-state index contributed by atoms with van der Waals surface area (Å²) in [7, 11) is 0. The van der Waals surface area contributed by atoms with E-state index in [0.717, 1.165) is 23.6 Å². The molecule has 5 nitrogen and oxygen atoms in total. The van der Waals surface area contributed by atoms with Crippen LogP contribution in [0.5, 0.6) is 5.75 Å². The summed E-state index contributed by atoms with van der Waals surface area (Å²) >= 11 is 0. The van der Waals surface area contributed by atoms with Gasteiger partial charge in [-0.2, -0.15) is 0 Å². The molecule has 1 aromatic heterocycles. The van der Waals surface area contributed by atoms with Crippen LogP contribution in [0.4, 0.5) is 0 Å². The zero-order chi connectivity index (χ0) is 16.8. The molecule has 0 saturated carbocycles. The maximum absolute atomic E-state index is 11.9. The molecule has 0 radical (unpaired) electrons. The van der Waals surface area contributed by atoms with Crippen molar-refractivity contribution in [2.75, 3.05) is 13.2 Å². The monoisotopic (exact) mass is 317 g/mol. The molecule has 0 spiro atoms. The molecule has 0 aliphatic heterocycles. The zero-order valence-electron chi connectivity index (χ0n) is 13.9. The number of aromatic nitrogens is 1. The second kappa shape index (κ2) is 7.81. The second-order valence-electron chi connectivity index (χ2n) is 5.85. The Balaban J connectivity index is 2.17. The van der Waals surface area contributed by atoms with E-state index in [0.29, 0.717) is 30.4 Å². The molecule has 0 unspecified atom stereocenters. The van der Waals surface area contributed by atoms with Crippen molar-refractivity contribution in [3.8, 4) is 5.75 Å². The summed E-state index contributed by atoms with van der Waals surface area (Å²) in [6.07, 6.45) is 3.31. The van der Waals surface area contributed by atoms with E-state index in [1.807, 2.05) is 25.1 Å². The average molecular weight is 317 g/mol. The van der Waals surface area contributed by atoms with Gasteiger partial charge in [0.1, 0.15) is 12.3 Å². The summed E-state index contributed by atoms with van der Waals surface area (Å²) in [5.74, 6) is 0.906. The van der Waals surface area contributed by atoms with Crippen molar-refractivity contribution in [2.45, 2.75) is 33.7 Å². The molecule has 0 fully saturated rings. The lowest BCUT2D eigenvalue weighted by molar-refractivity contribution is -0.144. The van der Waals surface area contributed by atoms with Gasteiger partial charge in [0.25, 0.3) is 0 Å². The molecule has 0 aliphatic rings. The fourth-order valence-corrected chi connectivity index (χ4v) is 2.38. The highest BCUT2D eigenvalue weighted by Gasteiger charge is 2.12. The number of esters is 1. The number of hydrogen-bond donors (Lipinski definition) is 0. The molecule has 0 saturated heterocycles. The van der Waals surface area contributed by atoms with E-state index in [4.69, 9.17) is 9.47 Å². The van der Waals surface area contributed by atoms with E-state index in [1.165, 1.54) is 0 Å². The Kier molecular flexibility index (Phi) is 5.79. The first-order valence-electron chi connectivity index (χ1n) is 7.91. The molecule has 124 valence electrons. The van der Waals surface area contributed by atoms with Crippen molar-refractivity contribution in [3.05, 3.63) is 30.0 Å². The molecule has 5 heteroatoms. The number of rotatable bonds is 8. The number of benzene rings is 1. The van der Waals surface area contributed by atoms with Crippen LogP contribution in [0.3, 0.4) is 0 Å². The van der Waals surface area contributed by atoms with Crippen LogP contribution in [0.1, 0.15) is 37.6 Å². The number of carbonyl (C=O) groups excluding carboxylic acids is 2. The van der Waals surface area contributed by atoms with Gasteiger partial charge in [-0.15, -0.1) is 0 Å². The predicted octanol–water partition coefficient (Wildman–Crippen LogP) is 3.44. The van der Waals surface area contributed by atoms with Crippen LogP contribution in [0.15, 0.2) is 24.4 Å². The standard InChI is InChI=1S/C18H23NO4/c1-4-22-15-5-6-17-16(9-15)14(12-20)10-19(17)11-18(21)23-8-7-13(2)3/h5-6,9-10,12-13H,4,7-8,11H2,1-3H3. The molecule has 0 N–H and O–H groups in total. The summed E-state index contributed by atoms with van der Waals surface area (Å²) in [5, 5.41) is 0.779. The maximum atomic E-state index is 11.9. The summed E-state index contributed by atoms with van der Waals surface area (Å²) < 4.78 is 12.4.